The van der Waals surface area contributed by atoms with Crippen molar-refractivity contribution in [2.45, 2.75) is 5.03 Å². The molecule has 1 aliphatic rings. The van der Waals surface area contributed by atoms with Gasteiger partial charge < -0.3 is 14.9 Å². The van der Waals surface area contributed by atoms with Gasteiger partial charge in [0.2, 0.25) is 5.91 Å². The first-order valence-corrected chi connectivity index (χ1v) is 8.16. The van der Waals surface area contributed by atoms with Crippen molar-refractivity contribution >= 4 is 17.7 Å². The maximum atomic E-state index is 12.3. The van der Waals surface area contributed by atoms with Gasteiger partial charge in [-0.1, -0.05) is 17.8 Å². The highest BCUT2D eigenvalue weighted by Crippen LogP contribution is 2.25. The van der Waals surface area contributed by atoms with E-state index < -0.39 is 0 Å². The zero-order valence-electron chi connectivity index (χ0n) is 12.6. The van der Waals surface area contributed by atoms with Gasteiger partial charge in [0, 0.05) is 38.4 Å². The van der Waals surface area contributed by atoms with E-state index in [1.165, 1.54) is 11.8 Å². The Bertz CT molecular complexity index is 455. The van der Waals surface area contributed by atoms with E-state index in [9.17, 15) is 9.90 Å². The summed E-state index contributed by atoms with van der Waals surface area (Å²) in [5.74, 6) is 1.08. The molecule has 1 N–H and O–H groups in total. The van der Waals surface area contributed by atoms with E-state index in [0.717, 1.165) is 18.1 Å². The summed E-state index contributed by atoms with van der Waals surface area (Å²) in [6.07, 6.45) is 1.73. The molecular weight excluding hydrogens is 286 g/mol. The van der Waals surface area contributed by atoms with E-state index in [-0.39, 0.29) is 18.4 Å². The molecule has 5 nitrogen and oxygen atoms in total. The van der Waals surface area contributed by atoms with Crippen molar-refractivity contribution in [3.05, 3.63) is 24.4 Å². The van der Waals surface area contributed by atoms with Crippen molar-refractivity contribution in [3.8, 4) is 0 Å². The monoisotopic (exact) mass is 309 g/mol. The molecule has 2 rings (SSSR count). The lowest BCUT2D eigenvalue weighted by Gasteiger charge is -2.20. The minimum absolute atomic E-state index is 0.130. The Morgan fingerprint density at radius 3 is 2.81 bits per heavy atom. The second-order valence-electron chi connectivity index (χ2n) is 5.72. The zero-order chi connectivity index (χ0) is 15.2. The maximum Gasteiger partial charge on any atom is 0.233 e. The number of pyridine rings is 1. The first-order chi connectivity index (χ1) is 10.1. The summed E-state index contributed by atoms with van der Waals surface area (Å²) in [6.45, 7) is 2.46. The van der Waals surface area contributed by atoms with Crippen LogP contribution in [-0.2, 0) is 4.79 Å². The predicted molar refractivity (Wildman–Crippen MR) is 84.2 cm³/mol. The molecule has 1 aromatic heterocycles. The van der Waals surface area contributed by atoms with E-state index in [1.807, 2.05) is 37.2 Å². The average Bonchev–Trinajstić information content (AvgIpc) is 2.88. The zero-order valence-corrected chi connectivity index (χ0v) is 13.4. The van der Waals surface area contributed by atoms with Crippen LogP contribution < -0.4 is 0 Å². The molecular formula is C15H23N3O2S. The number of nitrogens with zero attached hydrogens (tertiary/aromatic N) is 3. The number of hydrogen-bond donors (Lipinski definition) is 1. The Kier molecular flexibility index (Phi) is 6.02. The van der Waals surface area contributed by atoms with Gasteiger partial charge in [-0.15, -0.1) is 0 Å². The Morgan fingerprint density at radius 1 is 1.43 bits per heavy atom. The highest BCUT2D eigenvalue weighted by molar-refractivity contribution is 7.99. The van der Waals surface area contributed by atoms with E-state index in [0.29, 0.717) is 18.2 Å². The van der Waals surface area contributed by atoms with E-state index in [2.05, 4.69) is 9.88 Å². The van der Waals surface area contributed by atoms with Crippen molar-refractivity contribution in [1.29, 1.82) is 0 Å². The fourth-order valence-electron chi connectivity index (χ4n) is 2.68. The van der Waals surface area contributed by atoms with Crippen molar-refractivity contribution in [3.63, 3.8) is 0 Å². The number of aliphatic hydroxyl groups excluding tert-OH is 1. The Balaban J connectivity index is 1.85. The van der Waals surface area contributed by atoms with Crippen LogP contribution in [0.5, 0.6) is 0 Å². The molecule has 1 fully saturated rings. The highest BCUT2D eigenvalue weighted by Gasteiger charge is 2.34. The standard InChI is InChI=1S/C15H23N3O2S/c1-17(2)7-12-8-18(9-13(12)10-19)15(20)11-21-14-5-3-4-6-16-14/h3-6,12-13,19H,7-11H2,1-2H3/t12-,13-/m1/s1. The van der Waals surface area contributed by atoms with Gasteiger partial charge in [-0.2, -0.15) is 0 Å². The molecule has 1 aromatic rings. The molecule has 0 radical (unpaired) electrons. The van der Waals surface area contributed by atoms with Gasteiger partial charge in [0.25, 0.3) is 0 Å². The summed E-state index contributed by atoms with van der Waals surface area (Å²) < 4.78 is 0. The summed E-state index contributed by atoms with van der Waals surface area (Å²) >= 11 is 1.46. The van der Waals surface area contributed by atoms with Gasteiger partial charge in [-0.05, 0) is 32.1 Å². The Labute approximate surface area is 130 Å². The van der Waals surface area contributed by atoms with Crippen molar-refractivity contribution < 1.29 is 9.90 Å². The van der Waals surface area contributed by atoms with Gasteiger partial charge in [0.05, 0.1) is 10.8 Å². The lowest BCUT2D eigenvalue weighted by molar-refractivity contribution is -0.127. The number of aliphatic hydroxyl groups is 1. The highest BCUT2D eigenvalue weighted by atomic mass is 32.2. The molecule has 0 bridgehead atoms. The van der Waals surface area contributed by atoms with Gasteiger partial charge in [0.15, 0.2) is 0 Å². The number of aromatic nitrogens is 1. The molecule has 0 aliphatic carbocycles. The quantitative estimate of drug-likeness (QED) is 0.788. The Morgan fingerprint density at radius 2 is 2.19 bits per heavy atom. The fraction of sp³-hybridized carbons (Fsp3) is 0.600. The molecule has 1 amide bonds. The lowest BCUT2D eigenvalue weighted by atomic mass is 9.97. The third kappa shape index (κ3) is 4.69. The van der Waals surface area contributed by atoms with Crippen LogP contribution in [0.4, 0.5) is 0 Å². The van der Waals surface area contributed by atoms with Crippen LogP contribution >= 0.6 is 11.8 Å². The summed E-state index contributed by atoms with van der Waals surface area (Å²) in [4.78, 5) is 20.5. The first-order valence-electron chi connectivity index (χ1n) is 7.17. The van der Waals surface area contributed by atoms with E-state index >= 15 is 0 Å². The smallest absolute Gasteiger partial charge is 0.233 e. The van der Waals surface area contributed by atoms with Gasteiger partial charge in [-0.25, -0.2) is 4.98 Å². The molecule has 6 heteroatoms. The predicted octanol–water partition coefficient (Wildman–Crippen LogP) is 0.802. The van der Waals surface area contributed by atoms with Crippen LogP contribution in [0.1, 0.15) is 0 Å². The SMILES string of the molecule is CN(C)C[C@@H]1CN(C(=O)CSc2ccccn2)C[C@@H]1CO. The minimum atomic E-state index is 0.130. The second kappa shape index (κ2) is 7.77. The van der Waals surface area contributed by atoms with E-state index in [4.69, 9.17) is 0 Å². The molecule has 0 spiro atoms. The van der Waals surface area contributed by atoms with Gasteiger partial charge in [0.1, 0.15) is 0 Å². The second-order valence-corrected chi connectivity index (χ2v) is 6.72. The molecule has 116 valence electrons. The fourth-order valence-corrected chi connectivity index (χ4v) is 3.45. The molecule has 0 unspecified atom stereocenters. The van der Waals surface area contributed by atoms with E-state index in [1.54, 1.807) is 6.20 Å². The number of carbonyl (C=O) groups excluding carboxylic acids is 1. The molecule has 21 heavy (non-hydrogen) atoms. The summed E-state index contributed by atoms with van der Waals surface area (Å²) in [5.41, 5.74) is 0. The lowest BCUT2D eigenvalue weighted by Crippen LogP contribution is -2.31. The van der Waals surface area contributed by atoms with Crippen LogP contribution in [0, 0.1) is 11.8 Å². The number of thioether (sulfide) groups is 1. The molecule has 0 saturated carbocycles. The molecule has 1 aliphatic heterocycles. The third-order valence-electron chi connectivity index (χ3n) is 3.74. The average molecular weight is 309 g/mol. The number of likely N-dealkylation sites (tertiary alicyclic amines) is 1. The normalized spacial score (nSPS) is 22.0. The minimum Gasteiger partial charge on any atom is -0.396 e. The van der Waals surface area contributed by atoms with Crippen LogP contribution in [0.15, 0.2) is 29.4 Å². The third-order valence-corrected chi connectivity index (χ3v) is 4.67. The number of rotatable bonds is 6. The van der Waals surface area contributed by atoms with Crippen molar-refractivity contribution in [2.75, 3.05) is 46.1 Å². The molecule has 2 atom stereocenters. The van der Waals surface area contributed by atoms with Gasteiger partial charge >= 0.3 is 0 Å². The van der Waals surface area contributed by atoms with Crippen LogP contribution in [0.2, 0.25) is 0 Å². The largest absolute Gasteiger partial charge is 0.396 e. The van der Waals surface area contributed by atoms with Crippen LogP contribution in [0.25, 0.3) is 0 Å². The van der Waals surface area contributed by atoms with Crippen LogP contribution in [0.3, 0.4) is 0 Å². The summed E-state index contributed by atoms with van der Waals surface area (Å²) in [6, 6.07) is 5.70. The molecule has 1 saturated heterocycles. The number of amides is 1. The number of carbonyl (C=O) groups is 1. The van der Waals surface area contributed by atoms with Gasteiger partial charge in [-0.3, -0.25) is 4.79 Å². The van der Waals surface area contributed by atoms with Crippen molar-refractivity contribution in [2.24, 2.45) is 11.8 Å². The Hall–Kier alpha value is -1.11. The molecule has 0 aromatic carbocycles. The molecule has 2 heterocycles. The first kappa shape index (κ1) is 16.3. The topological polar surface area (TPSA) is 56.7 Å². The summed E-state index contributed by atoms with van der Waals surface area (Å²) in [5, 5.41) is 10.4. The van der Waals surface area contributed by atoms with Crippen molar-refractivity contribution in [1.82, 2.24) is 14.8 Å². The maximum absolute atomic E-state index is 12.3. The number of hydrogen-bond acceptors (Lipinski definition) is 5. The van der Waals surface area contributed by atoms with Crippen LogP contribution in [-0.4, -0.2) is 71.9 Å². The summed E-state index contributed by atoms with van der Waals surface area (Å²) in [7, 11) is 4.05.